The molecule has 1 aromatic rings. The standard InChI is InChI=1S/C15H23NO3/c1-15(7-8-15)11-16-9-12(17)10-19-14-5-3-13(18-2)4-6-14/h3-6,12,16-17H,7-11H2,1-2H3. The van der Waals surface area contributed by atoms with Crippen molar-refractivity contribution in [3.8, 4) is 11.5 Å². The molecule has 1 fully saturated rings. The highest BCUT2D eigenvalue weighted by Gasteiger charge is 2.36. The maximum absolute atomic E-state index is 9.82. The lowest BCUT2D eigenvalue weighted by molar-refractivity contribution is 0.105. The summed E-state index contributed by atoms with van der Waals surface area (Å²) in [5.41, 5.74) is 0.469. The van der Waals surface area contributed by atoms with Crippen LogP contribution in [-0.4, -0.2) is 38.0 Å². The van der Waals surface area contributed by atoms with E-state index in [-0.39, 0.29) is 0 Å². The monoisotopic (exact) mass is 265 g/mol. The van der Waals surface area contributed by atoms with Gasteiger partial charge in [0, 0.05) is 13.1 Å². The number of rotatable bonds is 8. The van der Waals surface area contributed by atoms with Crippen LogP contribution in [0.2, 0.25) is 0 Å². The third-order valence-electron chi connectivity index (χ3n) is 3.54. The summed E-state index contributed by atoms with van der Waals surface area (Å²) >= 11 is 0. The Morgan fingerprint density at radius 2 is 1.89 bits per heavy atom. The van der Waals surface area contributed by atoms with Gasteiger partial charge in [-0.1, -0.05) is 6.92 Å². The smallest absolute Gasteiger partial charge is 0.119 e. The molecule has 1 atom stereocenters. The van der Waals surface area contributed by atoms with Gasteiger partial charge in [0.15, 0.2) is 0 Å². The molecule has 19 heavy (non-hydrogen) atoms. The average Bonchev–Trinajstić information content (AvgIpc) is 3.15. The maximum Gasteiger partial charge on any atom is 0.119 e. The number of methoxy groups -OCH3 is 1. The fourth-order valence-corrected chi connectivity index (χ4v) is 1.85. The van der Waals surface area contributed by atoms with Gasteiger partial charge in [-0.25, -0.2) is 0 Å². The summed E-state index contributed by atoms with van der Waals surface area (Å²) in [6.07, 6.45) is 2.10. The average molecular weight is 265 g/mol. The van der Waals surface area contributed by atoms with Gasteiger partial charge in [-0.05, 0) is 42.5 Å². The van der Waals surface area contributed by atoms with Gasteiger partial charge in [0.2, 0.25) is 0 Å². The van der Waals surface area contributed by atoms with E-state index in [9.17, 15) is 5.11 Å². The molecular formula is C15H23NO3. The molecule has 0 saturated heterocycles. The van der Waals surface area contributed by atoms with Gasteiger partial charge in [-0.15, -0.1) is 0 Å². The summed E-state index contributed by atoms with van der Waals surface area (Å²) in [6, 6.07) is 7.36. The Kier molecular flexibility index (Phi) is 4.66. The fourth-order valence-electron chi connectivity index (χ4n) is 1.85. The minimum atomic E-state index is -0.482. The number of aliphatic hydroxyl groups excluding tert-OH is 1. The van der Waals surface area contributed by atoms with E-state index in [1.54, 1.807) is 7.11 Å². The molecule has 0 aliphatic heterocycles. The maximum atomic E-state index is 9.82. The first-order valence-corrected chi connectivity index (χ1v) is 6.77. The Hall–Kier alpha value is -1.26. The second-order valence-corrected chi connectivity index (χ2v) is 5.58. The van der Waals surface area contributed by atoms with Gasteiger partial charge in [0.25, 0.3) is 0 Å². The summed E-state index contributed by atoms with van der Waals surface area (Å²) in [5.74, 6) is 1.54. The van der Waals surface area contributed by atoms with Gasteiger partial charge >= 0.3 is 0 Å². The molecule has 0 radical (unpaired) electrons. The van der Waals surface area contributed by atoms with Crippen molar-refractivity contribution in [1.82, 2.24) is 5.32 Å². The third-order valence-corrected chi connectivity index (χ3v) is 3.54. The zero-order valence-corrected chi connectivity index (χ0v) is 11.7. The lowest BCUT2D eigenvalue weighted by Crippen LogP contribution is -2.34. The minimum absolute atomic E-state index is 0.302. The van der Waals surface area contributed by atoms with Crippen molar-refractivity contribution in [3.05, 3.63) is 24.3 Å². The molecule has 1 saturated carbocycles. The van der Waals surface area contributed by atoms with Crippen molar-refractivity contribution in [2.75, 3.05) is 26.8 Å². The van der Waals surface area contributed by atoms with Crippen molar-refractivity contribution in [2.45, 2.75) is 25.9 Å². The highest BCUT2D eigenvalue weighted by molar-refractivity contribution is 5.31. The van der Waals surface area contributed by atoms with E-state index in [1.165, 1.54) is 12.8 Å². The normalized spacial score (nSPS) is 17.8. The highest BCUT2D eigenvalue weighted by atomic mass is 16.5. The van der Waals surface area contributed by atoms with E-state index < -0.39 is 6.10 Å². The van der Waals surface area contributed by atoms with E-state index >= 15 is 0 Å². The van der Waals surface area contributed by atoms with E-state index in [0.29, 0.717) is 18.6 Å². The zero-order chi connectivity index (χ0) is 13.7. The first-order valence-electron chi connectivity index (χ1n) is 6.77. The predicted molar refractivity (Wildman–Crippen MR) is 74.7 cm³/mol. The Bertz CT molecular complexity index is 387. The van der Waals surface area contributed by atoms with Crippen LogP contribution in [0.4, 0.5) is 0 Å². The molecule has 1 aliphatic carbocycles. The first kappa shape index (κ1) is 14.2. The molecule has 0 aromatic heterocycles. The second-order valence-electron chi connectivity index (χ2n) is 5.58. The number of aliphatic hydroxyl groups is 1. The van der Waals surface area contributed by atoms with Crippen LogP contribution in [0.1, 0.15) is 19.8 Å². The van der Waals surface area contributed by atoms with Crippen LogP contribution in [0.5, 0.6) is 11.5 Å². The zero-order valence-electron chi connectivity index (χ0n) is 11.7. The molecule has 0 heterocycles. The van der Waals surface area contributed by atoms with E-state index in [4.69, 9.17) is 9.47 Å². The van der Waals surface area contributed by atoms with E-state index in [2.05, 4.69) is 12.2 Å². The van der Waals surface area contributed by atoms with Crippen LogP contribution in [0.15, 0.2) is 24.3 Å². The number of ether oxygens (including phenoxy) is 2. The van der Waals surface area contributed by atoms with Crippen LogP contribution in [0.3, 0.4) is 0 Å². The van der Waals surface area contributed by atoms with Gasteiger partial charge in [-0.2, -0.15) is 0 Å². The minimum Gasteiger partial charge on any atom is -0.497 e. The summed E-state index contributed by atoms with van der Waals surface area (Å²) in [7, 11) is 1.63. The topological polar surface area (TPSA) is 50.7 Å². The lowest BCUT2D eigenvalue weighted by Gasteiger charge is -2.15. The molecule has 106 valence electrons. The second kappa shape index (κ2) is 6.26. The number of hydrogen-bond donors (Lipinski definition) is 2. The molecule has 2 N–H and O–H groups in total. The van der Waals surface area contributed by atoms with Crippen LogP contribution in [0.25, 0.3) is 0 Å². The van der Waals surface area contributed by atoms with Crippen molar-refractivity contribution in [2.24, 2.45) is 5.41 Å². The summed E-state index contributed by atoms with van der Waals surface area (Å²) < 4.78 is 10.6. The van der Waals surface area contributed by atoms with Crippen molar-refractivity contribution >= 4 is 0 Å². The van der Waals surface area contributed by atoms with Crippen molar-refractivity contribution in [3.63, 3.8) is 0 Å². The molecule has 0 amide bonds. The van der Waals surface area contributed by atoms with Crippen LogP contribution in [0, 0.1) is 5.41 Å². The quantitative estimate of drug-likeness (QED) is 0.753. The number of benzene rings is 1. The SMILES string of the molecule is COc1ccc(OCC(O)CNCC2(C)CC2)cc1. The van der Waals surface area contributed by atoms with Gasteiger partial charge in [0.1, 0.15) is 24.2 Å². The summed E-state index contributed by atoms with van der Waals surface area (Å²) in [4.78, 5) is 0. The summed E-state index contributed by atoms with van der Waals surface area (Å²) in [6.45, 7) is 4.12. The molecule has 0 bridgehead atoms. The molecule has 1 aliphatic rings. The van der Waals surface area contributed by atoms with Crippen molar-refractivity contribution in [1.29, 1.82) is 0 Å². The van der Waals surface area contributed by atoms with E-state index in [0.717, 1.165) is 18.0 Å². The molecule has 4 nitrogen and oxygen atoms in total. The van der Waals surface area contributed by atoms with Crippen LogP contribution < -0.4 is 14.8 Å². The number of nitrogens with one attached hydrogen (secondary N) is 1. The van der Waals surface area contributed by atoms with Crippen molar-refractivity contribution < 1.29 is 14.6 Å². The molecule has 1 aromatic carbocycles. The van der Waals surface area contributed by atoms with Crippen LogP contribution >= 0.6 is 0 Å². The Balaban J connectivity index is 1.63. The number of hydrogen-bond acceptors (Lipinski definition) is 4. The third kappa shape index (κ3) is 4.73. The van der Waals surface area contributed by atoms with Gasteiger partial charge in [0.05, 0.1) is 7.11 Å². The van der Waals surface area contributed by atoms with Crippen LogP contribution in [-0.2, 0) is 0 Å². The molecular weight excluding hydrogens is 242 g/mol. The largest absolute Gasteiger partial charge is 0.497 e. The van der Waals surface area contributed by atoms with E-state index in [1.807, 2.05) is 24.3 Å². The molecule has 2 rings (SSSR count). The summed E-state index contributed by atoms with van der Waals surface area (Å²) in [5, 5.41) is 13.1. The predicted octanol–water partition coefficient (Wildman–Crippen LogP) is 1.82. The Labute approximate surface area is 114 Å². The lowest BCUT2D eigenvalue weighted by atomic mass is 10.1. The molecule has 4 heteroatoms. The molecule has 1 unspecified atom stereocenters. The Morgan fingerprint density at radius 1 is 1.26 bits per heavy atom. The fraction of sp³-hybridized carbons (Fsp3) is 0.600. The first-order chi connectivity index (χ1) is 9.11. The molecule has 0 spiro atoms. The Morgan fingerprint density at radius 3 is 2.47 bits per heavy atom. The van der Waals surface area contributed by atoms with Gasteiger partial charge in [-0.3, -0.25) is 0 Å². The highest BCUT2D eigenvalue weighted by Crippen LogP contribution is 2.43. The van der Waals surface area contributed by atoms with Gasteiger partial charge < -0.3 is 19.9 Å².